The molecule has 6 heteroatoms. The number of aryl methyl sites for hydroxylation is 2. The van der Waals surface area contributed by atoms with Crippen molar-refractivity contribution in [3.8, 4) is 10.6 Å². The van der Waals surface area contributed by atoms with Crippen LogP contribution in [0.25, 0.3) is 10.6 Å². The summed E-state index contributed by atoms with van der Waals surface area (Å²) >= 11 is 1.39. The number of hydrogen-bond donors (Lipinski definition) is 1. The van der Waals surface area contributed by atoms with E-state index in [9.17, 15) is 4.79 Å². The van der Waals surface area contributed by atoms with Crippen LogP contribution in [0.4, 0.5) is 11.4 Å². The van der Waals surface area contributed by atoms with Gasteiger partial charge in [-0.1, -0.05) is 30.3 Å². The SMILES string of the molecule is Cc1nsc(-c2ccc(C)c(NCC(=O)N3CCc4ccccc43)c2)n1. The van der Waals surface area contributed by atoms with E-state index in [0.29, 0.717) is 0 Å². The van der Waals surface area contributed by atoms with Crippen LogP contribution in [0.3, 0.4) is 0 Å². The number of benzene rings is 2. The quantitative estimate of drug-likeness (QED) is 0.764. The standard InChI is InChI=1S/C20H20N4OS/c1-13-7-8-16(20-22-14(2)23-26-20)11-17(13)21-12-19(25)24-10-9-15-5-3-4-6-18(15)24/h3-8,11,21H,9-10,12H2,1-2H3. The lowest BCUT2D eigenvalue weighted by Crippen LogP contribution is -2.34. The lowest BCUT2D eigenvalue weighted by atomic mass is 10.1. The molecular weight excluding hydrogens is 344 g/mol. The van der Waals surface area contributed by atoms with Gasteiger partial charge in [0, 0.05) is 23.5 Å². The summed E-state index contributed by atoms with van der Waals surface area (Å²) in [6.07, 6.45) is 0.923. The minimum absolute atomic E-state index is 0.0894. The van der Waals surface area contributed by atoms with Crippen molar-refractivity contribution in [2.75, 3.05) is 23.3 Å². The van der Waals surface area contributed by atoms with Gasteiger partial charge in [-0.15, -0.1) is 0 Å². The van der Waals surface area contributed by atoms with Gasteiger partial charge >= 0.3 is 0 Å². The monoisotopic (exact) mass is 364 g/mol. The van der Waals surface area contributed by atoms with E-state index in [4.69, 9.17) is 0 Å². The van der Waals surface area contributed by atoms with E-state index in [-0.39, 0.29) is 12.5 Å². The zero-order valence-electron chi connectivity index (χ0n) is 14.8. The third kappa shape index (κ3) is 3.20. The molecule has 0 saturated carbocycles. The number of carbonyl (C=O) groups is 1. The smallest absolute Gasteiger partial charge is 0.246 e. The highest BCUT2D eigenvalue weighted by Crippen LogP contribution is 2.29. The van der Waals surface area contributed by atoms with E-state index < -0.39 is 0 Å². The van der Waals surface area contributed by atoms with Crippen molar-refractivity contribution in [3.63, 3.8) is 0 Å². The summed E-state index contributed by atoms with van der Waals surface area (Å²) in [6.45, 7) is 4.95. The highest BCUT2D eigenvalue weighted by Gasteiger charge is 2.23. The molecule has 0 fully saturated rings. The van der Waals surface area contributed by atoms with Crippen molar-refractivity contribution in [2.45, 2.75) is 20.3 Å². The number of amides is 1. The minimum atomic E-state index is 0.0894. The van der Waals surface area contributed by atoms with Crippen LogP contribution >= 0.6 is 11.5 Å². The van der Waals surface area contributed by atoms with Gasteiger partial charge < -0.3 is 10.2 Å². The molecule has 132 valence electrons. The summed E-state index contributed by atoms with van der Waals surface area (Å²) in [5, 5.41) is 4.20. The molecule has 1 aromatic heterocycles. The zero-order chi connectivity index (χ0) is 18.1. The lowest BCUT2D eigenvalue weighted by molar-refractivity contribution is -0.116. The van der Waals surface area contributed by atoms with Crippen molar-refractivity contribution in [1.82, 2.24) is 9.36 Å². The van der Waals surface area contributed by atoms with Gasteiger partial charge in [0.05, 0.1) is 6.54 Å². The van der Waals surface area contributed by atoms with Crippen molar-refractivity contribution in [3.05, 3.63) is 59.4 Å². The molecule has 3 aromatic rings. The molecule has 0 atom stereocenters. The molecular formula is C20H20N4OS. The number of para-hydroxylation sites is 1. The minimum Gasteiger partial charge on any atom is -0.376 e. The van der Waals surface area contributed by atoms with Crippen molar-refractivity contribution < 1.29 is 4.79 Å². The first-order valence-corrected chi connectivity index (χ1v) is 9.42. The van der Waals surface area contributed by atoms with Crippen LogP contribution in [0.1, 0.15) is 17.0 Å². The predicted molar refractivity (Wildman–Crippen MR) is 106 cm³/mol. The molecule has 2 heterocycles. The molecule has 0 unspecified atom stereocenters. The Balaban J connectivity index is 1.49. The lowest BCUT2D eigenvalue weighted by Gasteiger charge is -2.18. The third-order valence-electron chi connectivity index (χ3n) is 4.63. The summed E-state index contributed by atoms with van der Waals surface area (Å²) in [6, 6.07) is 14.2. The van der Waals surface area contributed by atoms with E-state index in [2.05, 4.69) is 20.7 Å². The summed E-state index contributed by atoms with van der Waals surface area (Å²) < 4.78 is 4.24. The number of fused-ring (bicyclic) bond motifs is 1. The van der Waals surface area contributed by atoms with Crippen LogP contribution < -0.4 is 10.2 Å². The summed E-state index contributed by atoms with van der Waals surface area (Å²) in [7, 11) is 0. The third-order valence-corrected chi connectivity index (χ3v) is 5.49. The van der Waals surface area contributed by atoms with Crippen molar-refractivity contribution in [2.24, 2.45) is 0 Å². The molecule has 1 aliphatic heterocycles. The van der Waals surface area contributed by atoms with Crippen LogP contribution in [0.15, 0.2) is 42.5 Å². The number of carbonyl (C=O) groups excluding carboxylic acids is 1. The Labute approximate surface area is 156 Å². The Kier molecular flexibility index (Phi) is 4.42. The molecule has 0 saturated heterocycles. The predicted octanol–water partition coefficient (Wildman–Crippen LogP) is 3.82. The van der Waals surface area contributed by atoms with Crippen LogP contribution in [0, 0.1) is 13.8 Å². The van der Waals surface area contributed by atoms with Gasteiger partial charge in [0.15, 0.2) is 0 Å². The highest BCUT2D eigenvalue weighted by atomic mass is 32.1. The topological polar surface area (TPSA) is 58.1 Å². The second-order valence-electron chi connectivity index (χ2n) is 6.45. The number of rotatable bonds is 4. The molecule has 26 heavy (non-hydrogen) atoms. The molecule has 0 radical (unpaired) electrons. The molecule has 2 aromatic carbocycles. The molecule has 1 N–H and O–H groups in total. The van der Waals surface area contributed by atoms with E-state index >= 15 is 0 Å². The number of nitrogens with zero attached hydrogens (tertiary/aromatic N) is 3. The summed E-state index contributed by atoms with van der Waals surface area (Å²) in [4.78, 5) is 19.0. The first-order chi connectivity index (χ1) is 12.6. The maximum absolute atomic E-state index is 12.7. The molecule has 1 amide bonds. The second kappa shape index (κ2) is 6.88. The van der Waals surface area contributed by atoms with E-state index in [1.165, 1.54) is 17.1 Å². The number of anilines is 2. The molecule has 5 nitrogen and oxygen atoms in total. The van der Waals surface area contributed by atoms with Gasteiger partial charge in [-0.05, 0) is 55.1 Å². The average molecular weight is 364 g/mol. The molecule has 0 aliphatic carbocycles. The van der Waals surface area contributed by atoms with Crippen molar-refractivity contribution in [1.29, 1.82) is 0 Å². The van der Waals surface area contributed by atoms with Gasteiger partial charge in [0.1, 0.15) is 10.8 Å². The molecule has 0 spiro atoms. The number of nitrogens with one attached hydrogen (secondary N) is 1. The van der Waals surface area contributed by atoms with Gasteiger partial charge in [-0.25, -0.2) is 4.98 Å². The highest BCUT2D eigenvalue weighted by molar-refractivity contribution is 7.09. The maximum atomic E-state index is 12.7. The Bertz CT molecular complexity index is 966. The van der Waals surface area contributed by atoms with E-state index in [1.54, 1.807) is 0 Å². The van der Waals surface area contributed by atoms with Crippen LogP contribution in [0.5, 0.6) is 0 Å². The Hall–Kier alpha value is -2.73. The van der Waals surface area contributed by atoms with Gasteiger partial charge in [-0.2, -0.15) is 4.37 Å². The first-order valence-electron chi connectivity index (χ1n) is 8.65. The largest absolute Gasteiger partial charge is 0.376 e. The Morgan fingerprint density at radius 3 is 2.88 bits per heavy atom. The average Bonchev–Trinajstić information content (AvgIpc) is 3.27. The van der Waals surface area contributed by atoms with Crippen LogP contribution in [0.2, 0.25) is 0 Å². The summed E-state index contributed by atoms with van der Waals surface area (Å²) in [5.74, 6) is 0.870. The Morgan fingerprint density at radius 1 is 1.23 bits per heavy atom. The molecule has 0 bridgehead atoms. The van der Waals surface area contributed by atoms with Gasteiger partial charge in [-0.3, -0.25) is 4.79 Å². The molecule has 1 aliphatic rings. The van der Waals surface area contributed by atoms with Gasteiger partial charge in [0.2, 0.25) is 5.91 Å². The Morgan fingerprint density at radius 2 is 2.08 bits per heavy atom. The summed E-state index contributed by atoms with van der Waals surface area (Å²) in [5.41, 5.74) is 5.35. The molecule has 4 rings (SSSR count). The fourth-order valence-electron chi connectivity index (χ4n) is 3.22. The van der Waals surface area contributed by atoms with Crippen LogP contribution in [-0.4, -0.2) is 28.4 Å². The number of hydrogen-bond acceptors (Lipinski definition) is 5. The normalized spacial score (nSPS) is 12.9. The van der Waals surface area contributed by atoms with Gasteiger partial charge in [0.25, 0.3) is 0 Å². The van der Waals surface area contributed by atoms with E-state index in [0.717, 1.165) is 46.3 Å². The fraction of sp³-hybridized carbons (Fsp3) is 0.250. The maximum Gasteiger partial charge on any atom is 0.246 e. The first kappa shape index (κ1) is 16.7. The zero-order valence-corrected chi connectivity index (χ0v) is 15.6. The second-order valence-corrected chi connectivity index (χ2v) is 7.21. The fourth-order valence-corrected chi connectivity index (χ4v) is 3.89. The number of aromatic nitrogens is 2. The van der Waals surface area contributed by atoms with Crippen molar-refractivity contribution >= 4 is 28.8 Å². The van der Waals surface area contributed by atoms with E-state index in [1.807, 2.05) is 55.1 Å². The van der Waals surface area contributed by atoms with Crippen LogP contribution in [-0.2, 0) is 11.2 Å².